The van der Waals surface area contributed by atoms with Gasteiger partial charge in [-0.05, 0) is 19.5 Å². The minimum absolute atomic E-state index is 0. The maximum absolute atomic E-state index is 8.27. The van der Waals surface area contributed by atoms with Gasteiger partial charge in [-0.1, -0.05) is 0 Å². The molecule has 0 spiro atoms. The van der Waals surface area contributed by atoms with Crippen LogP contribution in [-0.4, -0.2) is 31.3 Å². The number of hydrogen-bond donors (Lipinski definition) is 3. The molecule has 0 fully saturated rings. The minimum Gasteiger partial charge on any atom is -0.395 e. The summed E-state index contributed by atoms with van der Waals surface area (Å²) in [6, 6.07) is 0. The van der Waals surface area contributed by atoms with E-state index in [9.17, 15) is 0 Å². The molecule has 4 N–H and O–H groups in total. The number of halogens is 1. The van der Waals surface area contributed by atoms with Crippen LogP contribution in [0.25, 0.3) is 0 Å². The third kappa shape index (κ3) is 11.8. The van der Waals surface area contributed by atoms with E-state index in [0.29, 0.717) is 6.54 Å². The van der Waals surface area contributed by atoms with Gasteiger partial charge in [-0.3, -0.25) is 0 Å². The van der Waals surface area contributed by atoms with Gasteiger partial charge < -0.3 is 16.2 Å². The summed E-state index contributed by atoms with van der Waals surface area (Å²) in [7, 11) is 0. The van der Waals surface area contributed by atoms with Gasteiger partial charge in [0.15, 0.2) is 0 Å². The summed E-state index contributed by atoms with van der Waals surface area (Å²) < 4.78 is 0. The average Bonchev–Trinajstić information content (AvgIpc) is 1.81. The quantitative estimate of drug-likeness (QED) is 0.523. The van der Waals surface area contributed by atoms with Crippen molar-refractivity contribution < 1.29 is 5.11 Å². The Morgan fingerprint density at radius 3 is 2.44 bits per heavy atom. The molecular weight excluding hydrogens is 184 g/mol. The van der Waals surface area contributed by atoms with Crippen molar-refractivity contribution in [2.75, 3.05) is 26.2 Å². The highest BCUT2D eigenvalue weighted by atomic mass is 79.9. The van der Waals surface area contributed by atoms with Gasteiger partial charge in [0, 0.05) is 6.54 Å². The molecule has 0 aliphatic heterocycles. The summed E-state index contributed by atoms with van der Waals surface area (Å²) in [5.41, 5.74) is 5.21. The second-order valence-electron chi connectivity index (χ2n) is 1.62. The first kappa shape index (κ1) is 12.1. The summed E-state index contributed by atoms with van der Waals surface area (Å²) >= 11 is 0. The first-order chi connectivity index (χ1) is 3.91. The predicted octanol–water partition coefficient (Wildman–Crippen LogP) is -0.505. The second-order valence-corrected chi connectivity index (χ2v) is 1.62. The SMILES string of the molecule is Br.NCCCNCCO. The Kier molecular flexibility index (Phi) is 15.0. The highest BCUT2D eigenvalue weighted by Gasteiger charge is 1.81. The Balaban J connectivity index is 0. The smallest absolute Gasteiger partial charge is 0.0555 e. The van der Waals surface area contributed by atoms with Crippen molar-refractivity contribution in [3.8, 4) is 0 Å². The highest BCUT2D eigenvalue weighted by Crippen LogP contribution is 1.66. The van der Waals surface area contributed by atoms with Crippen molar-refractivity contribution in [2.45, 2.75) is 6.42 Å². The Hall–Kier alpha value is 0.360. The van der Waals surface area contributed by atoms with Crippen LogP contribution >= 0.6 is 17.0 Å². The molecule has 0 amide bonds. The van der Waals surface area contributed by atoms with E-state index in [2.05, 4.69) is 5.32 Å². The number of aliphatic hydroxyl groups excluding tert-OH is 1. The fourth-order valence-corrected chi connectivity index (χ4v) is 0.431. The van der Waals surface area contributed by atoms with E-state index in [1.807, 2.05) is 0 Å². The molecule has 0 heterocycles. The summed E-state index contributed by atoms with van der Waals surface area (Å²) in [5.74, 6) is 0. The van der Waals surface area contributed by atoms with Crippen LogP contribution in [0, 0.1) is 0 Å². The fraction of sp³-hybridized carbons (Fsp3) is 1.00. The fourth-order valence-electron chi connectivity index (χ4n) is 0.431. The summed E-state index contributed by atoms with van der Waals surface area (Å²) in [5, 5.41) is 11.3. The van der Waals surface area contributed by atoms with Crippen molar-refractivity contribution in [3.63, 3.8) is 0 Å². The van der Waals surface area contributed by atoms with Gasteiger partial charge in [-0.15, -0.1) is 17.0 Å². The van der Waals surface area contributed by atoms with Crippen LogP contribution in [-0.2, 0) is 0 Å². The number of aliphatic hydroxyl groups is 1. The van der Waals surface area contributed by atoms with Crippen molar-refractivity contribution in [1.82, 2.24) is 5.32 Å². The van der Waals surface area contributed by atoms with Crippen LogP contribution < -0.4 is 11.1 Å². The molecule has 0 aromatic heterocycles. The zero-order valence-corrected chi connectivity index (χ0v) is 7.18. The highest BCUT2D eigenvalue weighted by molar-refractivity contribution is 8.93. The molecular formula is C5H15BrN2O. The van der Waals surface area contributed by atoms with E-state index in [4.69, 9.17) is 10.8 Å². The number of nitrogens with one attached hydrogen (secondary N) is 1. The molecule has 0 aliphatic rings. The lowest BCUT2D eigenvalue weighted by molar-refractivity contribution is 0.292. The topological polar surface area (TPSA) is 58.3 Å². The molecule has 58 valence electrons. The van der Waals surface area contributed by atoms with E-state index >= 15 is 0 Å². The van der Waals surface area contributed by atoms with E-state index in [-0.39, 0.29) is 23.6 Å². The summed E-state index contributed by atoms with van der Waals surface area (Å²) in [4.78, 5) is 0. The van der Waals surface area contributed by atoms with E-state index < -0.39 is 0 Å². The lowest BCUT2D eigenvalue weighted by Gasteiger charge is -1.97. The third-order valence-corrected chi connectivity index (χ3v) is 0.846. The van der Waals surface area contributed by atoms with E-state index in [1.54, 1.807) is 0 Å². The van der Waals surface area contributed by atoms with Crippen molar-refractivity contribution >= 4 is 17.0 Å². The molecule has 0 radical (unpaired) electrons. The predicted molar refractivity (Wildman–Crippen MR) is 43.9 cm³/mol. The number of hydrogen-bond acceptors (Lipinski definition) is 3. The Morgan fingerprint density at radius 2 is 2.00 bits per heavy atom. The summed E-state index contributed by atoms with van der Waals surface area (Å²) in [6.07, 6.45) is 0.986. The first-order valence-electron chi connectivity index (χ1n) is 2.93. The first-order valence-corrected chi connectivity index (χ1v) is 2.93. The lowest BCUT2D eigenvalue weighted by Crippen LogP contribution is -2.21. The normalized spacial score (nSPS) is 8.67. The van der Waals surface area contributed by atoms with Gasteiger partial charge in [-0.25, -0.2) is 0 Å². The van der Waals surface area contributed by atoms with Crippen LogP contribution in [0.1, 0.15) is 6.42 Å². The maximum atomic E-state index is 8.27. The van der Waals surface area contributed by atoms with E-state index in [0.717, 1.165) is 19.5 Å². The molecule has 9 heavy (non-hydrogen) atoms. The minimum atomic E-state index is 0. The van der Waals surface area contributed by atoms with Gasteiger partial charge >= 0.3 is 0 Å². The zero-order chi connectivity index (χ0) is 6.24. The van der Waals surface area contributed by atoms with Crippen LogP contribution in [0.5, 0.6) is 0 Å². The number of nitrogens with two attached hydrogens (primary N) is 1. The van der Waals surface area contributed by atoms with Gasteiger partial charge in [0.2, 0.25) is 0 Å². The molecule has 0 saturated heterocycles. The largest absolute Gasteiger partial charge is 0.395 e. The number of rotatable bonds is 5. The van der Waals surface area contributed by atoms with Crippen LogP contribution in [0.15, 0.2) is 0 Å². The molecule has 0 bridgehead atoms. The Morgan fingerprint density at radius 1 is 1.33 bits per heavy atom. The van der Waals surface area contributed by atoms with Gasteiger partial charge in [0.25, 0.3) is 0 Å². The molecule has 4 heteroatoms. The monoisotopic (exact) mass is 198 g/mol. The van der Waals surface area contributed by atoms with E-state index in [1.165, 1.54) is 0 Å². The van der Waals surface area contributed by atoms with Crippen LogP contribution in [0.3, 0.4) is 0 Å². The zero-order valence-electron chi connectivity index (χ0n) is 5.47. The summed E-state index contributed by atoms with van der Waals surface area (Å²) in [6.45, 7) is 2.53. The molecule has 0 atom stereocenters. The van der Waals surface area contributed by atoms with Crippen molar-refractivity contribution in [1.29, 1.82) is 0 Å². The molecule has 0 rings (SSSR count). The average molecular weight is 199 g/mol. The van der Waals surface area contributed by atoms with Crippen molar-refractivity contribution in [2.24, 2.45) is 5.73 Å². The lowest BCUT2D eigenvalue weighted by atomic mass is 10.4. The van der Waals surface area contributed by atoms with Crippen molar-refractivity contribution in [3.05, 3.63) is 0 Å². The standard InChI is InChI=1S/C5H14N2O.BrH/c6-2-1-3-7-4-5-8;/h7-8H,1-6H2;1H. The van der Waals surface area contributed by atoms with Gasteiger partial charge in [0.05, 0.1) is 6.61 Å². The Labute approximate surface area is 66.4 Å². The second kappa shape index (κ2) is 11.2. The van der Waals surface area contributed by atoms with Gasteiger partial charge in [-0.2, -0.15) is 0 Å². The molecule has 0 aliphatic carbocycles. The molecule has 0 unspecified atom stereocenters. The molecule has 0 aromatic carbocycles. The molecule has 0 saturated carbocycles. The van der Waals surface area contributed by atoms with Gasteiger partial charge in [0.1, 0.15) is 0 Å². The maximum Gasteiger partial charge on any atom is 0.0555 e. The van der Waals surface area contributed by atoms with Crippen LogP contribution in [0.4, 0.5) is 0 Å². The molecule has 0 aromatic rings. The van der Waals surface area contributed by atoms with Crippen LogP contribution in [0.2, 0.25) is 0 Å². The third-order valence-electron chi connectivity index (χ3n) is 0.846. The Bertz CT molecular complexity index is 39.9. The molecule has 3 nitrogen and oxygen atoms in total.